The number of carbonyl (C=O) groups excluding carboxylic acids is 1. The molecule has 4 heteroatoms. The van der Waals surface area contributed by atoms with Gasteiger partial charge < -0.3 is 5.21 Å². The zero-order valence-electron chi connectivity index (χ0n) is 8.38. The van der Waals surface area contributed by atoms with Crippen LogP contribution in [0.25, 0.3) is 0 Å². The maximum absolute atomic E-state index is 12.0. The van der Waals surface area contributed by atoms with Crippen molar-refractivity contribution in [1.82, 2.24) is 0 Å². The predicted molar refractivity (Wildman–Crippen MR) is 57.0 cm³/mol. The summed E-state index contributed by atoms with van der Waals surface area (Å²) < 4.78 is 0. The van der Waals surface area contributed by atoms with Gasteiger partial charge in [-0.1, -0.05) is 34.9 Å². The van der Waals surface area contributed by atoms with Crippen molar-refractivity contribution in [2.75, 3.05) is 5.33 Å². The maximum atomic E-state index is 12.0. The monoisotopic (exact) mass is 259 g/mol. The molecule has 0 amide bonds. The summed E-state index contributed by atoms with van der Waals surface area (Å²) in [5.41, 5.74) is -0.0188. The smallest absolute Gasteiger partial charge is 0.187 e. The number of alkyl halides is 1. The lowest BCUT2D eigenvalue weighted by Gasteiger charge is -2.33. The van der Waals surface area contributed by atoms with Gasteiger partial charge in [0.05, 0.1) is 0 Å². The Morgan fingerprint density at radius 3 is 2.64 bits per heavy atom. The highest BCUT2D eigenvalue weighted by Crippen LogP contribution is 2.63. The number of ketones is 1. The minimum absolute atomic E-state index is 0.0400. The summed E-state index contributed by atoms with van der Waals surface area (Å²) in [6.45, 7) is 4.10. The molecule has 2 aliphatic rings. The number of oxime groups is 1. The molecular formula is C10H14BrNO2. The van der Waals surface area contributed by atoms with Gasteiger partial charge in [0.1, 0.15) is 5.71 Å². The lowest BCUT2D eigenvalue weighted by Crippen LogP contribution is -2.36. The zero-order valence-corrected chi connectivity index (χ0v) is 9.97. The molecule has 3 atom stereocenters. The highest BCUT2D eigenvalue weighted by atomic mass is 79.9. The fraction of sp³-hybridized carbons (Fsp3) is 0.800. The van der Waals surface area contributed by atoms with Gasteiger partial charge in [-0.05, 0) is 18.3 Å². The van der Waals surface area contributed by atoms with Gasteiger partial charge in [-0.15, -0.1) is 0 Å². The van der Waals surface area contributed by atoms with Crippen LogP contribution in [0.5, 0.6) is 0 Å². The highest BCUT2D eigenvalue weighted by molar-refractivity contribution is 9.09. The average Bonchev–Trinajstić information content (AvgIpc) is 2.52. The third-order valence-corrected chi connectivity index (χ3v) is 5.58. The lowest BCUT2D eigenvalue weighted by molar-refractivity contribution is -0.123. The van der Waals surface area contributed by atoms with E-state index in [0.717, 1.165) is 18.2 Å². The molecule has 1 N–H and O–H groups in total. The Morgan fingerprint density at radius 2 is 2.29 bits per heavy atom. The van der Waals surface area contributed by atoms with Crippen LogP contribution in [0, 0.1) is 16.7 Å². The molecule has 2 saturated carbocycles. The Balaban J connectivity index is 2.56. The number of rotatable bonds is 1. The second-order valence-electron chi connectivity index (χ2n) is 4.79. The fourth-order valence-corrected chi connectivity index (χ4v) is 4.04. The van der Waals surface area contributed by atoms with Crippen LogP contribution in [0.1, 0.15) is 26.7 Å². The molecule has 0 radical (unpaired) electrons. The molecule has 0 aromatic carbocycles. The number of hydrogen-bond donors (Lipinski definition) is 1. The summed E-state index contributed by atoms with van der Waals surface area (Å²) in [6, 6.07) is 0. The molecule has 0 heterocycles. The van der Waals surface area contributed by atoms with E-state index in [-0.39, 0.29) is 22.5 Å². The second-order valence-corrected chi connectivity index (χ2v) is 5.35. The van der Waals surface area contributed by atoms with Gasteiger partial charge in [0.15, 0.2) is 5.78 Å². The van der Waals surface area contributed by atoms with Gasteiger partial charge in [0.25, 0.3) is 0 Å². The van der Waals surface area contributed by atoms with Gasteiger partial charge in [-0.25, -0.2) is 0 Å². The Morgan fingerprint density at radius 1 is 1.64 bits per heavy atom. The van der Waals surface area contributed by atoms with Crippen molar-refractivity contribution in [3.63, 3.8) is 0 Å². The summed E-state index contributed by atoms with van der Waals surface area (Å²) in [7, 11) is 0. The third kappa shape index (κ3) is 0.835. The normalized spacial score (nSPS) is 49.2. The first-order valence-electron chi connectivity index (χ1n) is 4.84. The maximum Gasteiger partial charge on any atom is 0.187 e. The van der Waals surface area contributed by atoms with Gasteiger partial charge in [0.2, 0.25) is 0 Å². The van der Waals surface area contributed by atoms with Crippen molar-refractivity contribution in [2.24, 2.45) is 21.9 Å². The number of carbonyl (C=O) groups is 1. The van der Waals surface area contributed by atoms with E-state index in [1.807, 2.05) is 6.92 Å². The van der Waals surface area contributed by atoms with Crippen LogP contribution in [-0.2, 0) is 4.79 Å². The minimum atomic E-state index is -0.331. The third-order valence-electron chi connectivity index (χ3n) is 4.41. The van der Waals surface area contributed by atoms with Crippen molar-refractivity contribution < 1.29 is 10.0 Å². The van der Waals surface area contributed by atoms with Crippen molar-refractivity contribution in [2.45, 2.75) is 26.7 Å². The Kier molecular flexibility index (Phi) is 2.04. The van der Waals surface area contributed by atoms with E-state index in [0.29, 0.717) is 5.71 Å². The van der Waals surface area contributed by atoms with Gasteiger partial charge in [-0.3, -0.25) is 4.79 Å². The first-order valence-corrected chi connectivity index (χ1v) is 5.96. The SMILES string of the molecule is C[C@]12CC[C@@H](/C(=N\O)C1=O)[C@@]2(C)CBr. The van der Waals surface area contributed by atoms with Gasteiger partial charge in [-0.2, -0.15) is 0 Å². The molecule has 78 valence electrons. The Hall–Kier alpha value is -0.380. The minimum Gasteiger partial charge on any atom is -0.411 e. The first kappa shape index (κ1) is 10.1. The number of nitrogens with zero attached hydrogens (tertiary/aromatic N) is 1. The van der Waals surface area contributed by atoms with E-state index < -0.39 is 0 Å². The summed E-state index contributed by atoms with van der Waals surface area (Å²) in [5, 5.41) is 12.8. The molecule has 2 rings (SSSR count). The number of halogens is 1. The van der Waals surface area contributed by atoms with Gasteiger partial charge >= 0.3 is 0 Å². The molecule has 0 unspecified atom stereocenters. The molecule has 0 saturated heterocycles. The largest absolute Gasteiger partial charge is 0.411 e. The van der Waals surface area contributed by atoms with E-state index in [2.05, 4.69) is 28.0 Å². The number of hydrogen-bond acceptors (Lipinski definition) is 3. The van der Waals surface area contributed by atoms with Crippen LogP contribution in [0.4, 0.5) is 0 Å². The topological polar surface area (TPSA) is 49.7 Å². The Labute approximate surface area is 91.7 Å². The van der Waals surface area contributed by atoms with E-state index in [1.165, 1.54) is 0 Å². The standard InChI is InChI=1S/C10H14BrNO2/c1-9-4-3-6(10(9,2)5-11)7(12-14)8(9)13/h6,14H,3-5H2,1-2H3/b12-7+/t6-,9-,10+/m0/s1. The Bertz CT molecular complexity index is 328. The molecule has 0 aliphatic heterocycles. The van der Waals surface area contributed by atoms with E-state index >= 15 is 0 Å². The van der Waals surface area contributed by atoms with E-state index in [1.54, 1.807) is 0 Å². The zero-order chi connectivity index (χ0) is 10.6. The molecule has 0 aromatic heterocycles. The molecule has 2 fully saturated rings. The summed E-state index contributed by atoms with van der Waals surface area (Å²) in [5.74, 6) is 0.169. The quantitative estimate of drug-likeness (QED) is 0.446. The summed E-state index contributed by atoms with van der Waals surface area (Å²) in [6.07, 6.45) is 1.88. The molecular weight excluding hydrogens is 246 g/mol. The molecule has 0 aromatic rings. The van der Waals surface area contributed by atoms with Crippen LogP contribution in [0.15, 0.2) is 5.16 Å². The van der Waals surface area contributed by atoms with Crippen molar-refractivity contribution in [3.8, 4) is 0 Å². The van der Waals surface area contributed by atoms with Crippen LogP contribution in [-0.4, -0.2) is 22.0 Å². The average molecular weight is 260 g/mol. The molecule has 2 aliphatic carbocycles. The van der Waals surface area contributed by atoms with Crippen molar-refractivity contribution >= 4 is 27.4 Å². The molecule has 0 spiro atoms. The van der Waals surface area contributed by atoms with E-state index in [9.17, 15) is 4.79 Å². The summed E-state index contributed by atoms with van der Waals surface area (Å²) in [4.78, 5) is 12.0. The van der Waals surface area contributed by atoms with Crippen LogP contribution >= 0.6 is 15.9 Å². The van der Waals surface area contributed by atoms with Crippen molar-refractivity contribution in [3.05, 3.63) is 0 Å². The van der Waals surface area contributed by atoms with Crippen LogP contribution < -0.4 is 0 Å². The molecule has 2 bridgehead atoms. The molecule has 14 heavy (non-hydrogen) atoms. The predicted octanol–water partition coefficient (Wildman–Crippen LogP) is 2.22. The van der Waals surface area contributed by atoms with Crippen LogP contribution in [0.3, 0.4) is 0 Å². The van der Waals surface area contributed by atoms with E-state index in [4.69, 9.17) is 5.21 Å². The fourth-order valence-electron chi connectivity index (χ4n) is 3.03. The van der Waals surface area contributed by atoms with Crippen LogP contribution in [0.2, 0.25) is 0 Å². The second kappa shape index (κ2) is 2.81. The van der Waals surface area contributed by atoms with Gasteiger partial charge in [0, 0.05) is 16.7 Å². The summed E-state index contributed by atoms with van der Waals surface area (Å²) >= 11 is 3.48. The van der Waals surface area contributed by atoms with Crippen molar-refractivity contribution in [1.29, 1.82) is 0 Å². The molecule has 3 nitrogen and oxygen atoms in total. The lowest BCUT2D eigenvalue weighted by atomic mass is 9.70. The number of fused-ring (bicyclic) bond motifs is 2. The number of Topliss-reactive ketones (excluding diaryl/α,β-unsaturated/α-hetero) is 1. The first-order chi connectivity index (χ1) is 6.51. The highest BCUT2D eigenvalue weighted by Gasteiger charge is 2.67.